The SMILES string of the molecule is COc1cc(OC)cc(C(=O)Nc2ccccc2OCc2cn(CCN3CCc4cc(OC)c(OC)cc4C3)nn2)c1. The highest BCUT2D eigenvalue weighted by atomic mass is 16.5. The van der Waals surface area contributed by atoms with Gasteiger partial charge in [-0.1, -0.05) is 17.3 Å². The molecule has 1 aliphatic rings. The molecular weight excluding hydrogens is 538 g/mol. The maximum atomic E-state index is 13.0. The lowest BCUT2D eigenvalue weighted by Crippen LogP contribution is -2.33. The Morgan fingerprint density at radius 3 is 2.29 bits per heavy atom. The number of benzene rings is 3. The number of aromatic nitrogens is 3. The lowest BCUT2D eigenvalue weighted by atomic mass is 9.99. The van der Waals surface area contributed by atoms with Gasteiger partial charge in [0.25, 0.3) is 5.91 Å². The van der Waals surface area contributed by atoms with E-state index in [2.05, 4.69) is 32.7 Å². The number of nitrogens with one attached hydrogen (secondary N) is 1. The number of nitrogens with zero attached hydrogens (tertiary/aromatic N) is 4. The summed E-state index contributed by atoms with van der Waals surface area (Å²) in [6.45, 7) is 3.54. The highest BCUT2D eigenvalue weighted by Crippen LogP contribution is 2.33. The smallest absolute Gasteiger partial charge is 0.256 e. The molecule has 0 spiro atoms. The summed E-state index contributed by atoms with van der Waals surface area (Å²) in [6.07, 6.45) is 2.84. The van der Waals surface area contributed by atoms with Gasteiger partial charge in [-0.05, 0) is 53.9 Å². The van der Waals surface area contributed by atoms with Gasteiger partial charge >= 0.3 is 0 Å². The fraction of sp³-hybridized carbons (Fsp3) is 0.323. The highest BCUT2D eigenvalue weighted by molar-refractivity contribution is 6.05. The largest absolute Gasteiger partial charge is 0.497 e. The quantitative estimate of drug-likeness (QED) is 0.267. The van der Waals surface area contributed by atoms with E-state index >= 15 is 0 Å². The van der Waals surface area contributed by atoms with Crippen LogP contribution in [0.15, 0.2) is 60.8 Å². The summed E-state index contributed by atoms with van der Waals surface area (Å²) in [5, 5.41) is 11.5. The number of fused-ring (bicyclic) bond motifs is 1. The Labute approximate surface area is 244 Å². The van der Waals surface area contributed by atoms with E-state index in [-0.39, 0.29) is 12.5 Å². The zero-order chi connectivity index (χ0) is 29.5. The second-order valence-electron chi connectivity index (χ2n) is 9.82. The normalized spacial score (nSPS) is 12.8. The number of ether oxygens (including phenoxy) is 5. The van der Waals surface area contributed by atoms with Gasteiger partial charge in [0, 0.05) is 31.3 Å². The summed E-state index contributed by atoms with van der Waals surface area (Å²) < 4.78 is 29.3. The first-order valence-electron chi connectivity index (χ1n) is 13.6. The average Bonchev–Trinajstić information content (AvgIpc) is 3.49. The first-order chi connectivity index (χ1) is 20.5. The molecule has 4 aromatic rings. The van der Waals surface area contributed by atoms with Crippen LogP contribution in [0.2, 0.25) is 0 Å². The number of rotatable bonds is 12. The predicted octanol–water partition coefficient (Wildman–Crippen LogP) is 4.20. The minimum atomic E-state index is -0.313. The summed E-state index contributed by atoms with van der Waals surface area (Å²) in [7, 11) is 6.40. The summed E-state index contributed by atoms with van der Waals surface area (Å²) in [5.41, 5.74) is 4.18. The molecule has 11 heteroatoms. The van der Waals surface area contributed by atoms with E-state index in [9.17, 15) is 4.79 Å². The topological polar surface area (TPSA) is 109 Å². The first kappa shape index (κ1) is 28.7. The van der Waals surface area contributed by atoms with Crippen LogP contribution in [0.1, 0.15) is 27.2 Å². The number of carbonyl (C=O) groups is 1. The molecule has 5 rings (SSSR count). The van der Waals surface area contributed by atoms with Gasteiger partial charge in [0.2, 0.25) is 0 Å². The zero-order valence-electron chi connectivity index (χ0n) is 24.3. The monoisotopic (exact) mass is 573 g/mol. The summed E-state index contributed by atoms with van der Waals surface area (Å²) in [5.74, 6) is 2.78. The van der Waals surface area contributed by atoms with Crippen molar-refractivity contribution in [2.24, 2.45) is 0 Å². The molecule has 0 fully saturated rings. The molecule has 42 heavy (non-hydrogen) atoms. The van der Waals surface area contributed by atoms with Gasteiger partial charge < -0.3 is 29.0 Å². The van der Waals surface area contributed by atoms with Crippen LogP contribution in [0.5, 0.6) is 28.7 Å². The first-order valence-corrected chi connectivity index (χ1v) is 13.6. The average molecular weight is 574 g/mol. The minimum absolute atomic E-state index is 0.207. The van der Waals surface area contributed by atoms with Crippen molar-refractivity contribution in [2.45, 2.75) is 26.1 Å². The van der Waals surface area contributed by atoms with Gasteiger partial charge in [-0.2, -0.15) is 0 Å². The van der Waals surface area contributed by atoms with Crippen molar-refractivity contribution in [2.75, 3.05) is 46.8 Å². The molecule has 1 aromatic heterocycles. The number of amides is 1. The number of hydrogen-bond acceptors (Lipinski definition) is 9. The van der Waals surface area contributed by atoms with Crippen LogP contribution in [0.25, 0.3) is 0 Å². The molecule has 0 aliphatic carbocycles. The van der Waals surface area contributed by atoms with E-state index in [0.29, 0.717) is 40.7 Å². The lowest BCUT2D eigenvalue weighted by Gasteiger charge is -2.29. The highest BCUT2D eigenvalue weighted by Gasteiger charge is 2.20. The molecule has 0 saturated heterocycles. The Morgan fingerprint density at radius 1 is 0.857 bits per heavy atom. The van der Waals surface area contributed by atoms with Crippen LogP contribution < -0.4 is 29.0 Å². The van der Waals surface area contributed by atoms with Crippen molar-refractivity contribution in [3.63, 3.8) is 0 Å². The maximum Gasteiger partial charge on any atom is 0.256 e. The summed E-state index contributed by atoms with van der Waals surface area (Å²) >= 11 is 0. The van der Waals surface area contributed by atoms with Crippen molar-refractivity contribution in [3.05, 3.63) is 83.2 Å². The van der Waals surface area contributed by atoms with E-state index in [4.69, 9.17) is 23.7 Å². The molecule has 3 aromatic carbocycles. The van der Waals surface area contributed by atoms with Gasteiger partial charge in [-0.25, -0.2) is 0 Å². The number of hydrogen-bond donors (Lipinski definition) is 1. The van der Waals surface area contributed by atoms with Crippen molar-refractivity contribution >= 4 is 11.6 Å². The molecule has 2 heterocycles. The van der Waals surface area contributed by atoms with E-state index in [0.717, 1.165) is 37.6 Å². The van der Waals surface area contributed by atoms with Crippen molar-refractivity contribution in [3.8, 4) is 28.7 Å². The fourth-order valence-electron chi connectivity index (χ4n) is 4.87. The standard InChI is InChI=1S/C31H35N5O6/c1-38-25-13-22(14-26(17-25)39-2)31(37)32-27-7-5-6-8-28(27)42-20-24-19-36(34-33-24)12-11-35-10-9-21-15-29(40-3)30(41-4)16-23(21)18-35/h5-8,13-17,19H,9-12,18,20H2,1-4H3,(H,32,37). The molecule has 0 bridgehead atoms. The van der Waals surface area contributed by atoms with E-state index in [1.54, 1.807) is 44.6 Å². The molecule has 0 radical (unpaired) electrons. The van der Waals surface area contributed by atoms with Gasteiger partial charge in [-0.15, -0.1) is 5.10 Å². The van der Waals surface area contributed by atoms with Crippen LogP contribution in [0.4, 0.5) is 5.69 Å². The Kier molecular flexibility index (Phi) is 9.08. The Balaban J connectivity index is 1.16. The summed E-state index contributed by atoms with van der Waals surface area (Å²) in [6, 6.07) is 16.4. The Hall–Kier alpha value is -4.77. The fourth-order valence-corrected chi connectivity index (χ4v) is 4.87. The zero-order valence-corrected chi connectivity index (χ0v) is 24.3. The predicted molar refractivity (Wildman–Crippen MR) is 157 cm³/mol. The number of methoxy groups -OCH3 is 4. The van der Waals surface area contributed by atoms with Crippen LogP contribution in [0.3, 0.4) is 0 Å². The van der Waals surface area contributed by atoms with E-state index < -0.39 is 0 Å². The lowest BCUT2D eigenvalue weighted by molar-refractivity contribution is 0.102. The molecule has 0 atom stereocenters. The second-order valence-corrected chi connectivity index (χ2v) is 9.82. The van der Waals surface area contributed by atoms with Gasteiger partial charge in [0.05, 0.1) is 46.9 Å². The number of anilines is 1. The van der Waals surface area contributed by atoms with Crippen LogP contribution in [-0.2, 0) is 26.1 Å². The third-order valence-electron chi connectivity index (χ3n) is 7.15. The Bertz CT molecular complexity index is 1520. The molecule has 1 N–H and O–H groups in total. The van der Waals surface area contributed by atoms with E-state index in [1.165, 1.54) is 25.3 Å². The molecule has 1 amide bonds. The van der Waals surface area contributed by atoms with Crippen LogP contribution >= 0.6 is 0 Å². The molecule has 220 valence electrons. The number of para-hydroxylation sites is 2. The summed E-state index contributed by atoms with van der Waals surface area (Å²) in [4.78, 5) is 15.4. The van der Waals surface area contributed by atoms with Crippen molar-refractivity contribution < 1.29 is 28.5 Å². The van der Waals surface area contributed by atoms with Crippen LogP contribution in [0, 0.1) is 0 Å². The number of carbonyl (C=O) groups excluding carboxylic acids is 1. The second kappa shape index (κ2) is 13.3. The third kappa shape index (κ3) is 6.74. The van der Waals surface area contributed by atoms with Gasteiger partial charge in [0.15, 0.2) is 11.5 Å². The molecular formula is C31H35N5O6. The van der Waals surface area contributed by atoms with Crippen LogP contribution in [-0.4, -0.2) is 67.3 Å². The Morgan fingerprint density at radius 2 is 1.57 bits per heavy atom. The maximum absolute atomic E-state index is 13.0. The molecule has 0 unspecified atom stereocenters. The van der Waals surface area contributed by atoms with Crippen molar-refractivity contribution in [1.29, 1.82) is 0 Å². The molecule has 11 nitrogen and oxygen atoms in total. The van der Waals surface area contributed by atoms with Gasteiger partial charge in [0.1, 0.15) is 29.5 Å². The molecule has 0 saturated carbocycles. The van der Waals surface area contributed by atoms with Crippen molar-refractivity contribution in [1.82, 2.24) is 19.9 Å². The third-order valence-corrected chi connectivity index (χ3v) is 7.15. The minimum Gasteiger partial charge on any atom is -0.497 e. The molecule has 1 aliphatic heterocycles. The van der Waals surface area contributed by atoms with E-state index in [1.807, 2.05) is 23.0 Å². The van der Waals surface area contributed by atoms with Gasteiger partial charge in [-0.3, -0.25) is 14.4 Å².